The molecule has 1 aromatic heterocycles. The third-order valence-corrected chi connectivity index (χ3v) is 5.42. The van der Waals surface area contributed by atoms with Crippen molar-refractivity contribution < 1.29 is 9.59 Å². The van der Waals surface area contributed by atoms with Gasteiger partial charge in [-0.25, -0.2) is 0 Å². The lowest BCUT2D eigenvalue weighted by Gasteiger charge is -2.19. The molecule has 4 aromatic rings. The van der Waals surface area contributed by atoms with Gasteiger partial charge in [0, 0.05) is 24.5 Å². The van der Waals surface area contributed by atoms with Crippen LogP contribution in [0.2, 0.25) is 0 Å². The van der Waals surface area contributed by atoms with Gasteiger partial charge in [0.1, 0.15) is 0 Å². The minimum absolute atomic E-state index is 0.133. The maximum absolute atomic E-state index is 12.9. The number of benzene rings is 3. The Kier molecular flexibility index (Phi) is 7.28. The third-order valence-electron chi connectivity index (χ3n) is 5.42. The van der Waals surface area contributed by atoms with Crippen LogP contribution in [0.25, 0.3) is 0 Å². The zero-order chi connectivity index (χ0) is 22.9. The molecular formula is C27H26N4O2. The highest BCUT2D eigenvalue weighted by Crippen LogP contribution is 2.18. The van der Waals surface area contributed by atoms with Crippen LogP contribution < -0.4 is 10.6 Å². The number of amides is 2. The lowest BCUT2D eigenvalue weighted by molar-refractivity contribution is -0.121. The van der Waals surface area contributed by atoms with Crippen LogP contribution in [0.1, 0.15) is 39.5 Å². The van der Waals surface area contributed by atoms with Crippen molar-refractivity contribution in [3.05, 3.63) is 126 Å². The molecule has 0 aliphatic carbocycles. The van der Waals surface area contributed by atoms with E-state index in [4.69, 9.17) is 0 Å². The normalized spacial score (nSPS) is 11.5. The standard InChI is InChI=1S/C27H26N4O2/c32-26(28-19-23-14-7-8-15-24(23)20-31-17-9-16-29-31)18-25(21-10-3-1-4-11-21)30-27(33)22-12-5-2-6-13-22/h1-17,25H,18-20H2,(H,28,32)(H,30,33). The molecule has 6 nitrogen and oxygen atoms in total. The first kappa shape index (κ1) is 22.0. The molecule has 3 aromatic carbocycles. The molecule has 1 atom stereocenters. The second-order valence-corrected chi connectivity index (χ2v) is 7.76. The second-order valence-electron chi connectivity index (χ2n) is 7.76. The van der Waals surface area contributed by atoms with Crippen LogP contribution in [0.5, 0.6) is 0 Å². The van der Waals surface area contributed by atoms with Gasteiger partial charge in [-0.15, -0.1) is 0 Å². The van der Waals surface area contributed by atoms with Gasteiger partial charge in [-0.2, -0.15) is 5.10 Å². The van der Waals surface area contributed by atoms with Gasteiger partial charge in [-0.3, -0.25) is 14.3 Å². The average Bonchev–Trinajstić information content (AvgIpc) is 3.37. The summed E-state index contributed by atoms with van der Waals surface area (Å²) in [6, 6.07) is 28.0. The van der Waals surface area contributed by atoms with Crippen LogP contribution in [0.15, 0.2) is 103 Å². The fourth-order valence-corrected chi connectivity index (χ4v) is 3.67. The van der Waals surface area contributed by atoms with Crippen LogP contribution in [-0.2, 0) is 17.9 Å². The van der Waals surface area contributed by atoms with Gasteiger partial charge in [-0.1, -0.05) is 72.8 Å². The predicted octanol–water partition coefficient (Wildman–Crippen LogP) is 4.11. The summed E-state index contributed by atoms with van der Waals surface area (Å²) >= 11 is 0. The first-order valence-corrected chi connectivity index (χ1v) is 10.9. The molecule has 1 unspecified atom stereocenters. The van der Waals surface area contributed by atoms with Gasteiger partial charge in [0.15, 0.2) is 0 Å². The molecule has 0 spiro atoms. The van der Waals surface area contributed by atoms with Crippen molar-refractivity contribution in [1.29, 1.82) is 0 Å². The van der Waals surface area contributed by atoms with Crippen molar-refractivity contribution in [2.24, 2.45) is 0 Å². The molecule has 1 heterocycles. The van der Waals surface area contributed by atoms with E-state index in [1.807, 2.05) is 89.7 Å². The Bertz CT molecular complexity index is 1180. The summed E-state index contributed by atoms with van der Waals surface area (Å²) in [6.07, 6.45) is 3.80. The van der Waals surface area contributed by atoms with Crippen LogP contribution >= 0.6 is 0 Å². The Morgan fingerprint density at radius 2 is 1.48 bits per heavy atom. The maximum atomic E-state index is 12.9. The van der Waals surface area contributed by atoms with E-state index in [0.29, 0.717) is 18.7 Å². The molecule has 6 heteroatoms. The van der Waals surface area contributed by atoms with E-state index < -0.39 is 6.04 Å². The molecule has 33 heavy (non-hydrogen) atoms. The van der Waals surface area contributed by atoms with Crippen LogP contribution in [-0.4, -0.2) is 21.6 Å². The monoisotopic (exact) mass is 438 g/mol. The van der Waals surface area contributed by atoms with E-state index in [2.05, 4.69) is 15.7 Å². The SMILES string of the molecule is O=C(CC(NC(=O)c1ccccc1)c1ccccc1)NCc1ccccc1Cn1cccn1. The van der Waals surface area contributed by atoms with E-state index in [9.17, 15) is 9.59 Å². The Labute approximate surface area is 193 Å². The molecular weight excluding hydrogens is 412 g/mol. The quantitative estimate of drug-likeness (QED) is 0.413. The summed E-state index contributed by atoms with van der Waals surface area (Å²) in [4.78, 5) is 25.6. The van der Waals surface area contributed by atoms with E-state index in [1.54, 1.807) is 18.3 Å². The second kappa shape index (κ2) is 10.9. The van der Waals surface area contributed by atoms with Crippen molar-refractivity contribution in [2.75, 3.05) is 0 Å². The molecule has 0 radical (unpaired) electrons. The Hall–Kier alpha value is -4.19. The lowest BCUT2D eigenvalue weighted by atomic mass is 10.0. The van der Waals surface area contributed by atoms with E-state index in [-0.39, 0.29) is 18.2 Å². The lowest BCUT2D eigenvalue weighted by Crippen LogP contribution is -2.33. The van der Waals surface area contributed by atoms with Gasteiger partial charge in [0.2, 0.25) is 5.91 Å². The van der Waals surface area contributed by atoms with E-state index >= 15 is 0 Å². The van der Waals surface area contributed by atoms with E-state index in [0.717, 1.165) is 16.7 Å². The molecule has 4 rings (SSSR count). The van der Waals surface area contributed by atoms with Crippen LogP contribution in [0.4, 0.5) is 0 Å². The van der Waals surface area contributed by atoms with Crippen molar-refractivity contribution in [2.45, 2.75) is 25.6 Å². The van der Waals surface area contributed by atoms with Crippen molar-refractivity contribution in [3.63, 3.8) is 0 Å². The summed E-state index contributed by atoms with van der Waals surface area (Å²) in [5.74, 6) is -0.340. The Morgan fingerprint density at radius 3 is 2.18 bits per heavy atom. The van der Waals surface area contributed by atoms with Crippen molar-refractivity contribution in [3.8, 4) is 0 Å². The molecule has 0 saturated heterocycles. The van der Waals surface area contributed by atoms with Gasteiger partial charge in [0.25, 0.3) is 5.91 Å². The molecule has 0 fully saturated rings. The Morgan fingerprint density at radius 1 is 0.818 bits per heavy atom. The molecule has 2 N–H and O–H groups in total. The first-order valence-electron chi connectivity index (χ1n) is 10.9. The fourth-order valence-electron chi connectivity index (χ4n) is 3.67. The number of carbonyl (C=O) groups excluding carboxylic acids is 2. The summed E-state index contributed by atoms with van der Waals surface area (Å²) in [6.45, 7) is 1.04. The summed E-state index contributed by atoms with van der Waals surface area (Å²) < 4.78 is 1.85. The number of rotatable bonds is 9. The van der Waals surface area contributed by atoms with Crippen LogP contribution in [0, 0.1) is 0 Å². The molecule has 0 aliphatic heterocycles. The highest BCUT2D eigenvalue weighted by atomic mass is 16.2. The minimum atomic E-state index is -0.432. The smallest absolute Gasteiger partial charge is 0.251 e. The number of hydrogen-bond donors (Lipinski definition) is 2. The Balaban J connectivity index is 1.42. The fraction of sp³-hybridized carbons (Fsp3) is 0.148. The van der Waals surface area contributed by atoms with E-state index in [1.165, 1.54) is 0 Å². The first-order chi connectivity index (χ1) is 16.2. The molecule has 0 bridgehead atoms. The molecule has 0 aliphatic rings. The van der Waals surface area contributed by atoms with Gasteiger partial charge in [0.05, 0.1) is 19.0 Å². The number of nitrogens with zero attached hydrogens (tertiary/aromatic N) is 2. The predicted molar refractivity (Wildman–Crippen MR) is 127 cm³/mol. The van der Waals surface area contributed by atoms with Crippen LogP contribution in [0.3, 0.4) is 0 Å². The zero-order valence-electron chi connectivity index (χ0n) is 18.2. The topological polar surface area (TPSA) is 76.0 Å². The highest BCUT2D eigenvalue weighted by molar-refractivity contribution is 5.94. The van der Waals surface area contributed by atoms with Crippen molar-refractivity contribution >= 4 is 11.8 Å². The minimum Gasteiger partial charge on any atom is -0.352 e. The summed E-state index contributed by atoms with van der Waals surface area (Å²) in [5.41, 5.74) is 3.58. The number of nitrogens with one attached hydrogen (secondary N) is 2. The zero-order valence-corrected chi connectivity index (χ0v) is 18.2. The largest absolute Gasteiger partial charge is 0.352 e. The molecule has 166 valence electrons. The average molecular weight is 439 g/mol. The molecule has 2 amide bonds. The number of hydrogen-bond acceptors (Lipinski definition) is 3. The van der Waals surface area contributed by atoms with Gasteiger partial charge in [-0.05, 0) is 34.9 Å². The third kappa shape index (κ3) is 6.17. The number of carbonyl (C=O) groups is 2. The van der Waals surface area contributed by atoms with Gasteiger partial charge < -0.3 is 10.6 Å². The summed E-state index contributed by atoms with van der Waals surface area (Å²) in [5, 5.41) is 10.3. The highest BCUT2D eigenvalue weighted by Gasteiger charge is 2.19. The number of aromatic nitrogens is 2. The maximum Gasteiger partial charge on any atom is 0.251 e. The molecule has 0 saturated carbocycles. The summed E-state index contributed by atoms with van der Waals surface area (Å²) in [7, 11) is 0. The van der Waals surface area contributed by atoms with Gasteiger partial charge >= 0.3 is 0 Å². The van der Waals surface area contributed by atoms with Crippen molar-refractivity contribution in [1.82, 2.24) is 20.4 Å².